The van der Waals surface area contributed by atoms with Crippen LogP contribution in [0, 0.1) is 18.6 Å². The van der Waals surface area contributed by atoms with E-state index in [2.05, 4.69) is 5.32 Å². The standard InChI is InChI=1S/C23H26F2N4O2/c1-16-2-4-17(5-3-16)15-28-12-13-29(23(28)31)19-8-10-27(11-9-19)22(30)26-21-7-6-18(24)14-20(21)25/h2-7,14,19H,8-13,15H2,1H3,(H,26,30). The molecule has 0 unspecified atom stereocenters. The third-order valence-corrected chi connectivity index (χ3v) is 5.99. The predicted molar refractivity (Wildman–Crippen MR) is 114 cm³/mol. The monoisotopic (exact) mass is 428 g/mol. The Morgan fingerprint density at radius 2 is 1.74 bits per heavy atom. The maximum Gasteiger partial charge on any atom is 0.321 e. The molecule has 0 radical (unpaired) electrons. The van der Waals surface area contributed by atoms with Gasteiger partial charge in [-0.2, -0.15) is 0 Å². The van der Waals surface area contributed by atoms with Crippen molar-refractivity contribution in [3.8, 4) is 0 Å². The van der Waals surface area contributed by atoms with Crippen LogP contribution in [-0.4, -0.2) is 59.0 Å². The third-order valence-electron chi connectivity index (χ3n) is 5.99. The van der Waals surface area contributed by atoms with Crippen molar-refractivity contribution in [1.82, 2.24) is 14.7 Å². The van der Waals surface area contributed by atoms with Gasteiger partial charge in [0.25, 0.3) is 0 Å². The van der Waals surface area contributed by atoms with Gasteiger partial charge in [-0.15, -0.1) is 0 Å². The number of benzene rings is 2. The number of likely N-dealkylation sites (tertiary alicyclic amines) is 1. The number of anilines is 1. The Hall–Kier alpha value is -3.16. The van der Waals surface area contributed by atoms with E-state index in [0.29, 0.717) is 45.6 Å². The van der Waals surface area contributed by atoms with Gasteiger partial charge in [0.15, 0.2) is 0 Å². The van der Waals surface area contributed by atoms with Crippen molar-refractivity contribution in [1.29, 1.82) is 0 Å². The molecule has 0 atom stereocenters. The van der Waals surface area contributed by atoms with Gasteiger partial charge in [-0.25, -0.2) is 18.4 Å². The van der Waals surface area contributed by atoms with E-state index in [1.54, 1.807) is 4.90 Å². The number of halogens is 2. The minimum absolute atomic E-state index is 0.0388. The first-order valence-electron chi connectivity index (χ1n) is 10.5. The number of amides is 4. The molecule has 8 heteroatoms. The molecular formula is C23H26F2N4O2. The normalized spacial score (nSPS) is 17.4. The number of hydrogen-bond donors (Lipinski definition) is 1. The van der Waals surface area contributed by atoms with E-state index in [9.17, 15) is 18.4 Å². The number of aryl methyl sites for hydroxylation is 1. The van der Waals surface area contributed by atoms with E-state index in [4.69, 9.17) is 0 Å². The lowest BCUT2D eigenvalue weighted by Gasteiger charge is -2.36. The minimum Gasteiger partial charge on any atom is -0.324 e. The van der Waals surface area contributed by atoms with E-state index < -0.39 is 17.7 Å². The fraction of sp³-hybridized carbons (Fsp3) is 0.391. The van der Waals surface area contributed by atoms with Gasteiger partial charge in [0.2, 0.25) is 0 Å². The van der Waals surface area contributed by atoms with E-state index in [1.165, 1.54) is 11.6 Å². The first-order valence-corrected chi connectivity index (χ1v) is 10.5. The Balaban J connectivity index is 1.29. The van der Waals surface area contributed by atoms with Crippen LogP contribution < -0.4 is 5.32 Å². The Morgan fingerprint density at radius 1 is 1.03 bits per heavy atom. The summed E-state index contributed by atoms with van der Waals surface area (Å²) >= 11 is 0. The molecule has 0 saturated carbocycles. The van der Waals surface area contributed by atoms with Crippen molar-refractivity contribution in [2.45, 2.75) is 32.4 Å². The highest BCUT2D eigenvalue weighted by Crippen LogP contribution is 2.24. The number of piperidine rings is 1. The zero-order valence-electron chi connectivity index (χ0n) is 17.5. The molecule has 2 aliphatic heterocycles. The summed E-state index contributed by atoms with van der Waals surface area (Å²) < 4.78 is 26.8. The molecule has 2 aromatic carbocycles. The summed E-state index contributed by atoms with van der Waals surface area (Å²) in [6, 6.07) is 10.9. The molecule has 0 bridgehead atoms. The maximum absolute atomic E-state index is 13.8. The molecule has 2 aromatic rings. The fourth-order valence-electron chi connectivity index (χ4n) is 4.17. The number of nitrogens with zero attached hydrogens (tertiary/aromatic N) is 3. The topological polar surface area (TPSA) is 55.9 Å². The maximum atomic E-state index is 13.8. The quantitative estimate of drug-likeness (QED) is 0.793. The van der Waals surface area contributed by atoms with Crippen LogP contribution in [0.3, 0.4) is 0 Å². The molecule has 2 heterocycles. The van der Waals surface area contributed by atoms with Crippen molar-refractivity contribution >= 4 is 17.7 Å². The number of rotatable bonds is 4. The molecule has 1 N–H and O–H groups in total. The highest BCUT2D eigenvalue weighted by molar-refractivity contribution is 5.89. The summed E-state index contributed by atoms with van der Waals surface area (Å²) in [5.74, 6) is -1.50. The van der Waals surface area contributed by atoms with E-state index in [1.807, 2.05) is 41.0 Å². The number of urea groups is 2. The van der Waals surface area contributed by atoms with Crippen LogP contribution in [0.25, 0.3) is 0 Å². The highest BCUT2D eigenvalue weighted by atomic mass is 19.1. The molecule has 0 aliphatic carbocycles. The summed E-state index contributed by atoms with van der Waals surface area (Å²) in [6.45, 7) is 4.96. The van der Waals surface area contributed by atoms with Crippen LogP contribution in [0.2, 0.25) is 0 Å². The van der Waals surface area contributed by atoms with Gasteiger partial charge in [-0.1, -0.05) is 29.8 Å². The molecule has 4 rings (SSSR count). The van der Waals surface area contributed by atoms with Crippen molar-refractivity contribution in [3.05, 3.63) is 65.2 Å². The van der Waals surface area contributed by atoms with Crippen LogP contribution in [-0.2, 0) is 6.54 Å². The molecule has 31 heavy (non-hydrogen) atoms. The molecule has 164 valence electrons. The Bertz CT molecular complexity index is 959. The second kappa shape index (κ2) is 8.91. The molecule has 4 amide bonds. The Kier molecular flexibility index (Phi) is 6.06. The molecule has 2 saturated heterocycles. The molecular weight excluding hydrogens is 402 g/mol. The van der Waals surface area contributed by atoms with E-state index in [0.717, 1.165) is 17.7 Å². The lowest BCUT2D eigenvalue weighted by molar-refractivity contribution is 0.139. The van der Waals surface area contributed by atoms with Crippen LogP contribution in [0.4, 0.5) is 24.1 Å². The van der Waals surface area contributed by atoms with Gasteiger partial charge in [-0.05, 0) is 37.5 Å². The Morgan fingerprint density at radius 3 is 2.42 bits per heavy atom. The number of hydrogen-bond acceptors (Lipinski definition) is 2. The van der Waals surface area contributed by atoms with Crippen LogP contribution in [0.5, 0.6) is 0 Å². The van der Waals surface area contributed by atoms with E-state index in [-0.39, 0.29) is 17.8 Å². The van der Waals surface area contributed by atoms with Gasteiger partial charge in [0, 0.05) is 44.8 Å². The zero-order valence-corrected chi connectivity index (χ0v) is 17.5. The van der Waals surface area contributed by atoms with Gasteiger partial charge >= 0.3 is 12.1 Å². The second-order valence-corrected chi connectivity index (χ2v) is 8.16. The fourth-order valence-corrected chi connectivity index (χ4v) is 4.17. The van der Waals surface area contributed by atoms with Gasteiger partial charge < -0.3 is 20.0 Å². The Labute approximate surface area is 180 Å². The molecule has 0 spiro atoms. The van der Waals surface area contributed by atoms with Crippen molar-refractivity contribution in [3.63, 3.8) is 0 Å². The summed E-state index contributed by atoms with van der Waals surface area (Å²) in [5, 5.41) is 2.50. The number of carbonyl (C=O) groups is 2. The number of carbonyl (C=O) groups excluding carboxylic acids is 2. The van der Waals surface area contributed by atoms with Crippen molar-refractivity contribution < 1.29 is 18.4 Å². The minimum atomic E-state index is -0.806. The molecule has 6 nitrogen and oxygen atoms in total. The molecule has 2 aliphatic rings. The van der Waals surface area contributed by atoms with Crippen molar-refractivity contribution in [2.75, 3.05) is 31.5 Å². The van der Waals surface area contributed by atoms with Crippen molar-refractivity contribution in [2.24, 2.45) is 0 Å². The first-order chi connectivity index (χ1) is 14.9. The smallest absolute Gasteiger partial charge is 0.321 e. The summed E-state index contributed by atoms with van der Waals surface area (Å²) in [7, 11) is 0. The summed E-state index contributed by atoms with van der Waals surface area (Å²) in [4.78, 5) is 30.7. The largest absolute Gasteiger partial charge is 0.324 e. The SMILES string of the molecule is Cc1ccc(CN2CCN(C3CCN(C(=O)Nc4ccc(F)cc4F)CC3)C2=O)cc1. The lowest BCUT2D eigenvalue weighted by atomic mass is 10.0. The average molecular weight is 428 g/mol. The van der Waals surface area contributed by atoms with Crippen LogP contribution in [0.1, 0.15) is 24.0 Å². The molecule has 0 aromatic heterocycles. The second-order valence-electron chi connectivity index (χ2n) is 8.16. The van der Waals surface area contributed by atoms with Crippen LogP contribution in [0.15, 0.2) is 42.5 Å². The lowest BCUT2D eigenvalue weighted by Crippen LogP contribution is -2.49. The van der Waals surface area contributed by atoms with E-state index >= 15 is 0 Å². The predicted octanol–water partition coefficient (Wildman–Crippen LogP) is 4.21. The van der Waals surface area contributed by atoms with Gasteiger partial charge in [-0.3, -0.25) is 0 Å². The first kappa shape index (κ1) is 21.1. The summed E-state index contributed by atoms with van der Waals surface area (Å²) in [5.41, 5.74) is 2.26. The highest BCUT2D eigenvalue weighted by Gasteiger charge is 2.36. The average Bonchev–Trinajstić information content (AvgIpc) is 3.12. The van der Waals surface area contributed by atoms with Gasteiger partial charge in [0.05, 0.1) is 5.69 Å². The van der Waals surface area contributed by atoms with Crippen LogP contribution >= 0.6 is 0 Å². The van der Waals surface area contributed by atoms with Gasteiger partial charge in [0.1, 0.15) is 11.6 Å². The summed E-state index contributed by atoms with van der Waals surface area (Å²) in [6.07, 6.45) is 1.34. The number of nitrogens with one attached hydrogen (secondary N) is 1. The molecule has 2 fully saturated rings. The third kappa shape index (κ3) is 4.78. The zero-order chi connectivity index (χ0) is 22.0.